The summed E-state index contributed by atoms with van der Waals surface area (Å²) in [5.74, 6) is -1.78. The number of hydrogen-bond acceptors (Lipinski definition) is 4. The molecule has 7 nitrogen and oxygen atoms in total. The maximum Gasteiger partial charge on any atom is 0.407 e. The van der Waals surface area contributed by atoms with Crippen molar-refractivity contribution in [2.45, 2.75) is 38.5 Å². The third-order valence-electron chi connectivity index (χ3n) is 7.42. The summed E-state index contributed by atoms with van der Waals surface area (Å²) in [4.78, 5) is 38.3. The molecule has 35 heavy (non-hydrogen) atoms. The van der Waals surface area contributed by atoms with Crippen LogP contribution in [-0.4, -0.2) is 54.7 Å². The van der Waals surface area contributed by atoms with E-state index in [9.17, 15) is 14.4 Å². The molecular weight excluding hydrogens is 444 g/mol. The van der Waals surface area contributed by atoms with Crippen LogP contribution in [-0.2, 0) is 14.3 Å². The quantitative estimate of drug-likeness (QED) is 0.582. The van der Waals surface area contributed by atoms with E-state index in [0.717, 1.165) is 36.8 Å². The molecule has 2 N–H and O–H groups in total. The molecule has 2 aliphatic rings. The molecule has 0 bridgehead atoms. The zero-order valence-electron chi connectivity index (χ0n) is 20.4. The van der Waals surface area contributed by atoms with E-state index in [1.807, 2.05) is 24.3 Å². The second-order valence-electron chi connectivity index (χ2n) is 9.82. The van der Waals surface area contributed by atoms with E-state index < -0.39 is 18.0 Å². The van der Waals surface area contributed by atoms with Crippen molar-refractivity contribution in [2.24, 2.45) is 17.8 Å². The summed E-state index contributed by atoms with van der Waals surface area (Å²) in [6, 6.07) is 16.4. The topological polar surface area (TPSA) is 95.9 Å². The Labute approximate surface area is 206 Å². The van der Waals surface area contributed by atoms with Crippen LogP contribution in [0, 0.1) is 17.8 Å². The van der Waals surface area contributed by atoms with Crippen molar-refractivity contribution in [3.8, 4) is 11.1 Å². The zero-order chi connectivity index (χ0) is 24.9. The lowest BCUT2D eigenvalue weighted by Crippen LogP contribution is -2.44. The number of nitrogens with zero attached hydrogens (tertiary/aromatic N) is 1. The molecule has 1 fully saturated rings. The molecule has 0 radical (unpaired) electrons. The molecule has 0 saturated heterocycles. The first-order chi connectivity index (χ1) is 16.9. The fourth-order valence-corrected chi connectivity index (χ4v) is 5.50. The van der Waals surface area contributed by atoms with E-state index in [1.165, 1.54) is 16.0 Å². The van der Waals surface area contributed by atoms with Gasteiger partial charge in [0.1, 0.15) is 6.61 Å². The van der Waals surface area contributed by atoms with Gasteiger partial charge in [-0.25, -0.2) is 4.79 Å². The summed E-state index contributed by atoms with van der Waals surface area (Å²) in [7, 11) is 1.66. The number of ether oxygens (including phenoxy) is 1. The lowest BCUT2D eigenvalue weighted by atomic mass is 9.78. The maximum absolute atomic E-state index is 13.0. The fourth-order valence-electron chi connectivity index (χ4n) is 5.50. The molecule has 186 valence electrons. The normalized spacial score (nSPS) is 19.8. The van der Waals surface area contributed by atoms with E-state index in [4.69, 9.17) is 9.84 Å². The molecular formula is C28H34N2O5. The lowest BCUT2D eigenvalue weighted by Gasteiger charge is -2.34. The molecule has 0 aromatic heterocycles. The van der Waals surface area contributed by atoms with Crippen molar-refractivity contribution >= 4 is 18.0 Å². The SMILES string of the molecule is CC(CN(C)C(=O)C1CCCCC1CNC(=O)OCC1c2ccccc2-c2ccccc21)C(=O)O. The Kier molecular flexibility index (Phi) is 7.73. The number of aliphatic carboxylic acids is 1. The molecule has 2 aromatic carbocycles. The number of carboxylic acids is 1. The number of amides is 2. The van der Waals surface area contributed by atoms with Crippen LogP contribution >= 0.6 is 0 Å². The van der Waals surface area contributed by atoms with Crippen LogP contribution in [0.15, 0.2) is 48.5 Å². The Morgan fingerprint density at radius 1 is 1.03 bits per heavy atom. The Hall–Kier alpha value is -3.35. The monoisotopic (exact) mass is 478 g/mol. The first-order valence-corrected chi connectivity index (χ1v) is 12.4. The van der Waals surface area contributed by atoms with Crippen LogP contribution in [0.3, 0.4) is 0 Å². The molecule has 0 heterocycles. The highest BCUT2D eigenvalue weighted by atomic mass is 16.5. The molecule has 4 rings (SSSR count). The number of alkyl carbamates (subject to hydrolysis) is 1. The number of hydrogen-bond donors (Lipinski definition) is 2. The molecule has 2 aromatic rings. The van der Waals surface area contributed by atoms with Gasteiger partial charge in [0.2, 0.25) is 5.91 Å². The molecule has 0 aliphatic heterocycles. The van der Waals surface area contributed by atoms with Gasteiger partial charge in [-0.2, -0.15) is 0 Å². The summed E-state index contributed by atoms with van der Waals surface area (Å²) in [5.41, 5.74) is 4.69. The van der Waals surface area contributed by atoms with E-state index >= 15 is 0 Å². The number of carboxylic acid groups (broad SMARTS) is 1. The van der Waals surface area contributed by atoms with Gasteiger partial charge in [-0.3, -0.25) is 9.59 Å². The summed E-state index contributed by atoms with van der Waals surface area (Å²) >= 11 is 0. The van der Waals surface area contributed by atoms with Crippen LogP contribution in [0.25, 0.3) is 11.1 Å². The summed E-state index contributed by atoms with van der Waals surface area (Å²) in [6.07, 6.45) is 3.09. The van der Waals surface area contributed by atoms with Crippen LogP contribution in [0.1, 0.15) is 49.7 Å². The number of carbonyl (C=O) groups excluding carboxylic acids is 2. The minimum Gasteiger partial charge on any atom is -0.481 e. The van der Waals surface area contributed by atoms with Crippen LogP contribution < -0.4 is 5.32 Å². The lowest BCUT2D eigenvalue weighted by molar-refractivity contribution is -0.144. The molecule has 1 saturated carbocycles. The predicted molar refractivity (Wildman–Crippen MR) is 133 cm³/mol. The Morgan fingerprint density at radius 2 is 1.63 bits per heavy atom. The van der Waals surface area contributed by atoms with Gasteiger partial charge in [0.05, 0.1) is 5.92 Å². The van der Waals surface area contributed by atoms with Crippen molar-refractivity contribution in [1.29, 1.82) is 0 Å². The average molecular weight is 479 g/mol. The minimum absolute atomic E-state index is 0.00188. The molecule has 2 aliphatic carbocycles. The Balaban J connectivity index is 1.32. The van der Waals surface area contributed by atoms with E-state index in [0.29, 0.717) is 6.54 Å². The van der Waals surface area contributed by atoms with Crippen LogP contribution in [0.4, 0.5) is 4.79 Å². The third kappa shape index (κ3) is 5.50. The van der Waals surface area contributed by atoms with Gasteiger partial charge in [-0.15, -0.1) is 0 Å². The number of fused-ring (bicyclic) bond motifs is 3. The van der Waals surface area contributed by atoms with Crippen LogP contribution in [0.2, 0.25) is 0 Å². The van der Waals surface area contributed by atoms with Crippen molar-refractivity contribution < 1.29 is 24.2 Å². The number of rotatable bonds is 8. The third-order valence-corrected chi connectivity index (χ3v) is 7.42. The molecule has 2 amide bonds. The smallest absolute Gasteiger partial charge is 0.407 e. The highest BCUT2D eigenvalue weighted by Crippen LogP contribution is 2.44. The summed E-state index contributed by atoms with van der Waals surface area (Å²) in [5, 5.41) is 12.0. The van der Waals surface area contributed by atoms with Crippen molar-refractivity contribution in [1.82, 2.24) is 10.2 Å². The molecule has 0 spiro atoms. The van der Waals surface area contributed by atoms with Crippen molar-refractivity contribution in [3.05, 3.63) is 59.7 Å². The van der Waals surface area contributed by atoms with Gasteiger partial charge in [-0.05, 0) is 41.0 Å². The highest BCUT2D eigenvalue weighted by Gasteiger charge is 2.34. The Bertz CT molecular complexity index is 1040. The number of carbonyl (C=O) groups is 3. The first kappa shape index (κ1) is 24.8. The van der Waals surface area contributed by atoms with Gasteiger partial charge < -0.3 is 20.1 Å². The fraction of sp³-hybridized carbons (Fsp3) is 0.464. The summed E-state index contributed by atoms with van der Waals surface area (Å²) < 4.78 is 5.64. The number of benzene rings is 2. The minimum atomic E-state index is -0.915. The van der Waals surface area contributed by atoms with Gasteiger partial charge >= 0.3 is 12.1 Å². The standard InChI is InChI=1S/C28H34N2O5/c1-18(27(32)33)16-30(2)26(31)20-10-4-3-9-19(20)15-29-28(34)35-17-25-23-13-7-5-11-21(23)22-12-6-8-14-24(22)25/h5-8,11-14,18-20,25H,3-4,9-10,15-17H2,1-2H3,(H,29,34)(H,32,33). The molecule has 3 atom stereocenters. The Morgan fingerprint density at radius 3 is 2.26 bits per heavy atom. The molecule has 3 unspecified atom stereocenters. The van der Waals surface area contributed by atoms with E-state index in [-0.39, 0.29) is 36.8 Å². The first-order valence-electron chi connectivity index (χ1n) is 12.4. The second kappa shape index (κ2) is 10.9. The molecule has 7 heteroatoms. The van der Waals surface area contributed by atoms with E-state index in [2.05, 4.69) is 29.6 Å². The van der Waals surface area contributed by atoms with Gasteiger partial charge in [0.25, 0.3) is 0 Å². The van der Waals surface area contributed by atoms with Gasteiger partial charge in [0.15, 0.2) is 0 Å². The zero-order valence-corrected chi connectivity index (χ0v) is 20.4. The predicted octanol–water partition coefficient (Wildman–Crippen LogP) is 4.51. The van der Waals surface area contributed by atoms with Crippen molar-refractivity contribution in [3.63, 3.8) is 0 Å². The highest BCUT2D eigenvalue weighted by molar-refractivity contribution is 5.80. The average Bonchev–Trinajstić information content (AvgIpc) is 3.19. The van der Waals surface area contributed by atoms with Gasteiger partial charge in [0, 0.05) is 32.0 Å². The largest absolute Gasteiger partial charge is 0.481 e. The van der Waals surface area contributed by atoms with Gasteiger partial charge in [-0.1, -0.05) is 68.3 Å². The maximum atomic E-state index is 13.0. The van der Waals surface area contributed by atoms with Crippen LogP contribution in [0.5, 0.6) is 0 Å². The van der Waals surface area contributed by atoms with E-state index in [1.54, 1.807) is 14.0 Å². The number of nitrogens with one attached hydrogen (secondary N) is 1. The summed E-state index contributed by atoms with van der Waals surface area (Å²) in [6.45, 7) is 2.40. The van der Waals surface area contributed by atoms with Crippen molar-refractivity contribution in [2.75, 3.05) is 26.7 Å². The second-order valence-corrected chi connectivity index (χ2v) is 9.82.